The van der Waals surface area contributed by atoms with Crippen LogP contribution >= 0.6 is 15.9 Å². The SMILES string of the molecule is N#CCc1cnc(C(F)F)c(Br)c1[N+](=O)[O-]. The summed E-state index contributed by atoms with van der Waals surface area (Å²) < 4.78 is 24.4. The van der Waals surface area contributed by atoms with Crippen LogP contribution in [0.25, 0.3) is 0 Å². The summed E-state index contributed by atoms with van der Waals surface area (Å²) in [4.78, 5) is 13.3. The van der Waals surface area contributed by atoms with Crippen molar-refractivity contribution in [1.29, 1.82) is 5.26 Å². The molecule has 8 heteroatoms. The number of nitro groups is 1. The standard InChI is InChI=1S/C8H4BrF2N3O2/c9-5-6(8(10)11)13-3-4(1-2-12)7(5)14(15)16/h3,8H,1H2. The Balaban J connectivity index is 3.43. The number of rotatable bonds is 3. The van der Waals surface area contributed by atoms with E-state index in [1.807, 2.05) is 0 Å². The molecule has 0 spiro atoms. The molecule has 0 saturated heterocycles. The number of pyridine rings is 1. The van der Waals surface area contributed by atoms with Crippen LogP contribution in [0, 0.1) is 21.4 Å². The predicted octanol–water partition coefficient (Wildman–Crippen LogP) is 2.76. The fourth-order valence-corrected chi connectivity index (χ4v) is 1.77. The van der Waals surface area contributed by atoms with Gasteiger partial charge in [0.25, 0.3) is 12.1 Å². The second-order valence-corrected chi connectivity index (χ2v) is 3.52. The van der Waals surface area contributed by atoms with Gasteiger partial charge in [-0.2, -0.15) is 5.26 Å². The van der Waals surface area contributed by atoms with E-state index >= 15 is 0 Å². The minimum atomic E-state index is -2.91. The Labute approximate surface area is 97.0 Å². The van der Waals surface area contributed by atoms with Crippen molar-refractivity contribution in [2.75, 3.05) is 0 Å². The van der Waals surface area contributed by atoms with Crippen LogP contribution in [-0.2, 0) is 6.42 Å². The fourth-order valence-electron chi connectivity index (χ4n) is 1.09. The Morgan fingerprint density at radius 3 is 2.75 bits per heavy atom. The van der Waals surface area contributed by atoms with Crippen molar-refractivity contribution < 1.29 is 13.7 Å². The van der Waals surface area contributed by atoms with E-state index in [4.69, 9.17) is 5.26 Å². The maximum absolute atomic E-state index is 12.4. The first-order valence-corrected chi connectivity index (χ1v) is 4.75. The van der Waals surface area contributed by atoms with E-state index in [1.165, 1.54) is 0 Å². The lowest BCUT2D eigenvalue weighted by Crippen LogP contribution is -2.02. The van der Waals surface area contributed by atoms with Crippen LogP contribution in [0.4, 0.5) is 14.5 Å². The molecule has 0 radical (unpaired) electrons. The summed E-state index contributed by atoms with van der Waals surface area (Å²) in [6, 6.07) is 1.70. The Bertz CT molecular complexity index is 473. The van der Waals surface area contributed by atoms with Crippen LogP contribution in [0.15, 0.2) is 10.7 Å². The molecule has 0 saturated carbocycles. The van der Waals surface area contributed by atoms with Gasteiger partial charge in [0.1, 0.15) is 10.2 Å². The molecule has 0 fully saturated rings. The number of nitriles is 1. The van der Waals surface area contributed by atoms with E-state index in [0.717, 1.165) is 6.20 Å². The van der Waals surface area contributed by atoms with Crippen molar-refractivity contribution in [2.45, 2.75) is 12.8 Å². The highest BCUT2D eigenvalue weighted by atomic mass is 79.9. The van der Waals surface area contributed by atoms with Gasteiger partial charge in [0.15, 0.2) is 0 Å². The Morgan fingerprint density at radius 2 is 2.31 bits per heavy atom. The van der Waals surface area contributed by atoms with Gasteiger partial charge in [-0.05, 0) is 15.9 Å². The highest BCUT2D eigenvalue weighted by molar-refractivity contribution is 9.10. The van der Waals surface area contributed by atoms with Crippen LogP contribution < -0.4 is 0 Å². The normalized spacial score (nSPS) is 10.2. The molecule has 1 rings (SSSR count). The number of aromatic nitrogens is 1. The predicted molar refractivity (Wildman–Crippen MR) is 52.9 cm³/mol. The first-order valence-electron chi connectivity index (χ1n) is 3.95. The molecule has 0 unspecified atom stereocenters. The molecule has 0 aromatic carbocycles. The van der Waals surface area contributed by atoms with Gasteiger partial charge in [0, 0.05) is 6.20 Å². The van der Waals surface area contributed by atoms with E-state index in [-0.39, 0.29) is 16.5 Å². The molecule has 0 amide bonds. The highest BCUT2D eigenvalue weighted by Crippen LogP contribution is 2.35. The maximum atomic E-state index is 12.4. The first kappa shape index (κ1) is 12.4. The topological polar surface area (TPSA) is 79.8 Å². The van der Waals surface area contributed by atoms with Crippen LogP contribution in [0.5, 0.6) is 0 Å². The molecular weight excluding hydrogens is 288 g/mol. The van der Waals surface area contributed by atoms with Crippen LogP contribution in [0.1, 0.15) is 17.7 Å². The number of halogens is 3. The largest absolute Gasteiger partial charge is 0.291 e. The average molecular weight is 292 g/mol. The van der Waals surface area contributed by atoms with E-state index in [1.54, 1.807) is 6.07 Å². The zero-order valence-corrected chi connectivity index (χ0v) is 9.24. The number of hydrogen-bond acceptors (Lipinski definition) is 4. The summed E-state index contributed by atoms with van der Waals surface area (Å²) in [5, 5.41) is 19.1. The van der Waals surface area contributed by atoms with Crippen molar-refractivity contribution >= 4 is 21.6 Å². The minimum Gasteiger partial charge on any atom is -0.258 e. The van der Waals surface area contributed by atoms with Crippen LogP contribution in [-0.4, -0.2) is 9.91 Å². The summed E-state index contributed by atoms with van der Waals surface area (Å²) in [5.74, 6) is 0. The number of alkyl halides is 2. The lowest BCUT2D eigenvalue weighted by molar-refractivity contribution is -0.386. The molecule has 0 bridgehead atoms. The highest BCUT2D eigenvalue weighted by Gasteiger charge is 2.26. The minimum absolute atomic E-state index is 0.00350. The Kier molecular flexibility index (Phi) is 3.84. The van der Waals surface area contributed by atoms with E-state index in [2.05, 4.69) is 20.9 Å². The van der Waals surface area contributed by atoms with Gasteiger partial charge in [-0.25, -0.2) is 8.78 Å². The molecule has 0 aliphatic carbocycles. The summed E-state index contributed by atoms with van der Waals surface area (Å²) in [6.45, 7) is 0. The molecule has 0 aliphatic rings. The summed E-state index contributed by atoms with van der Waals surface area (Å²) in [7, 11) is 0. The molecule has 16 heavy (non-hydrogen) atoms. The van der Waals surface area contributed by atoms with Crippen molar-refractivity contribution in [3.05, 3.63) is 32.0 Å². The summed E-state index contributed by atoms with van der Waals surface area (Å²) in [6.07, 6.45) is -2.25. The van der Waals surface area contributed by atoms with Gasteiger partial charge >= 0.3 is 0 Å². The van der Waals surface area contributed by atoms with Gasteiger partial charge in [0.2, 0.25) is 0 Å². The van der Waals surface area contributed by atoms with Gasteiger partial charge in [-0.1, -0.05) is 0 Å². The molecule has 1 aromatic heterocycles. The lowest BCUT2D eigenvalue weighted by Gasteiger charge is -2.05. The third-order valence-corrected chi connectivity index (χ3v) is 2.54. The average Bonchev–Trinajstić information content (AvgIpc) is 2.17. The van der Waals surface area contributed by atoms with Crippen molar-refractivity contribution in [3.63, 3.8) is 0 Å². The van der Waals surface area contributed by atoms with Gasteiger partial charge < -0.3 is 0 Å². The summed E-state index contributed by atoms with van der Waals surface area (Å²) in [5.41, 5.74) is -1.23. The quantitative estimate of drug-likeness (QED) is 0.633. The molecule has 1 aromatic rings. The molecule has 1 heterocycles. The zero-order chi connectivity index (χ0) is 12.3. The monoisotopic (exact) mass is 291 g/mol. The van der Waals surface area contributed by atoms with E-state index in [0.29, 0.717) is 0 Å². The third kappa shape index (κ3) is 2.30. The Hall–Kier alpha value is -1.62. The Morgan fingerprint density at radius 1 is 1.69 bits per heavy atom. The lowest BCUT2D eigenvalue weighted by atomic mass is 10.1. The van der Waals surface area contributed by atoms with Crippen molar-refractivity contribution in [3.8, 4) is 6.07 Å². The van der Waals surface area contributed by atoms with E-state index < -0.39 is 22.7 Å². The molecule has 0 N–H and O–H groups in total. The van der Waals surface area contributed by atoms with Gasteiger partial charge in [0.05, 0.1) is 23.0 Å². The summed E-state index contributed by atoms with van der Waals surface area (Å²) >= 11 is 2.71. The van der Waals surface area contributed by atoms with Crippen molar-refractivity contribution in [2.24, 2.45) is 0 Å². The fraction of sp³-hybridized carbons (Fsp3) is 0.250. The smallest absolute Gasteiger partial charge is 0.258 e. The number of nitrogens with zero attached hydrogens (tertiary/aromatic N) is 3. The zero-order valence-electron chi connectivity index (χ0n) is 7.65. The van der Waals surface area contributed by atoms with Gasteiger partial charge in [-0.15, -0.1) is 0 Å². The van der Waals surface area contributed by atoms with E-state index in [9.17, 15) is 18.9 Å². The molecule has 5 nitrogen and oxygen atoms in total. The molecule has 0 aliphatic heterocycles. The first-order chi connectivity index (χ1) is 7.49. The molecular formula is C8H4BrF2N3O2. The maximum Gasteiger partial charge on any atom is 0.291 e. The number of hydrogen-bond donors (Lipinski definition) is 0. The van der Waals surface area contributed by atoms with Crippen molar-refractivity contribution in [1.82, 2.24) is 4.98 Å². The van der Waals surface area contributed by atoms with Crippen LogP contribution in [0.3, 0.4) is 0 Å². The van der Waals surface area contributed by atoms with Gasteiger partial charge in [-0.3, -0.25) is 15.1 Å². The van der Waals surface area contributed by atoms with Crippen LogP contribution in [0.2, 0.25) is 0 Å². The second-order valence-electron chi connectivity index (χ2n) is 2.72. The molecule has 84 valence electrons. The second kappa shape index (κ2) is 4.94. The molecule has 0 atom stereocenters. The third-order valence-electron chi connectivity index (χ3n) is 1.76.